The second-order valence-corrected chi connectivity index (χ2v) is 5.52. The predicted octanol–water partition coefficient (Wildman–Crippen LogP) is 4.16. The fourth-order valence-corrected chi connectivity index (χ4v) is 3.15. The Labute approximate surface area is 115 Å². The van der Waals surface area contributed by atoms with Gasteiger partial charge in [-0.3, -0.25) is 0 Å². The molecule has 1 aliphatic carbocycles. The van der Waals surface area contributed by atoms with Crippen LogP contribution in [0.3, 0.4) is 0 Å². The van der Waals surface area contributed by atoms with E-state index in [0.29, 0.717) is 6.04 Å². The van der Waals surface area contributed by atoms with Crippen molar-refractivity contribution in [1.29, 1.82) is 0 Å². The zero-order valence-corrected chi connectivity index (χ0v) is 12.0. The molecule has 100 valence electrons. The Morgan fingerprint density at radius 1 is 1.39 bits per heavy atom. The first-order valence-corrected chi connectivity index (χ1v) is 7.25. The number of rotatable bonds is 4. The number of aliphatic hydroxyl groups is 1. The summed E-state index contributed by atoms with van der Waals surface area (Å²) in [5.74, 6) is 0. The van der Waals surface area contributed by atoms with Crippen LogP contribution >= 0.6 is 11.6 Å². The maximum atomic E-state index is 9.57. The fourth-order valence-electron chi connectivity index (χ4n) is 2.86. The lowest BCUT2D eigenvalue weighted by molar-refractivity contribution is 0.199. The molecule has 1 aliphatic rings. The quantitative estimate of drug-likeness (QED) is 0.885. The zero-order valence-electron chi connectivity index (χ0n) is 11.2. The average molecular weight is 268 g/mol. The van der Waals surface area contributed by atoms with E-state index < -0.39 is 6.10 Å². The molecule has 0 bridgehead atoms. The molecule has 0 amide bonds. The molecule has 3 heteroatoms. The van der Waals surface area contributed by atoms with Crippen LogP contribution < -0.4 is 4.90 Å². The topological polar surface area (TPSA) is 23.5 Å². The zero-order chi connectivity index (χ0) is 13.1. The lowest BCUT2D eigenvalue weighted by Crippen LogP contribution is -2.33. The molecule has 0 radical (unpaired) electrons. The van der Waals surface area contributed by atoms with Crippen molar-refractivity contribution in [3.8, 4) is 0 Å². The Balaban J connectivity index is 2.25. The van der Waals surface area contributed by atoms with Gasteiger partial charge >= 0.3 is 0 Å². The third-order valence-corrected chi connectivity index (χ3v) is 4.17. The molecule has 0 aliphatic heterocycles. The van der Waals surface area contributed by atoms with Gasteiger partial charge in [0.1, 0.15) is 0 Å². The van der Waals surface area contributed by atoms with Crippen LogP contribution in [-0.2, 0) is 0 Å². The van der Waals surface area contributed by atoms with Crippen LogP contribution in [0, 0.1) is 0 Å². The van der Waals surface area contributed by atoms with Crippen LogP contribution in [0.15, 0.2) is 18.2 Å². The molecular formula is C15H22ClNO. The van der Waals surface area contributed by atoms with Gasteiger partial charge in [-0.05, 0) is 44.4 Å². The van der Waals surface area contributed by atoms with Crippen molar-refractivity contribution in [3.63, 3.8) is 0 Å². The number of hydrogen-bond acceptors (Lipinski definition) is 2. The van der Waals surface area contributed by atoms with Gasteiger partial charge in [0, 0.05) is 12.6 Å². The summed E-state index contributed by atoms with van der Waals surface area (Å²) in [5.41, 5.74) is 1.99. The molecule has 1 aromatic carbocycles. The summed E-state index contributed by atoms with van der Waals surface area (Å²) in [6.07, 6.45) is 4.72. The summed E-state index contributed by atoms with van der Waals surface area (Å²) in [6.45, 7) is 4.93. The first-order chi connectivity index (χ1) is 8.63. The van der Waals surface area contributed by atoms with Crippen molar-refractivity contribution < 1.29 is 5.11 Å². The highest BCUT2D eigenvalue weighted by molar-refractivity contribution is 6.33. The number of anilines is 1. The van der Waals surface area contributed by atoms with Crippen LogP contribution in [-0.4, -0.2) is 17.7 Å². The third-order valence-electron chi connectivity index (χ3n) is 3.87. The van der Waals surface area contributed by atoms with E-state index in [1.807, 2.05) is 18.2 Å². The minimum atomic E-state index is -0.460. The molecule has 1 saturated carbocycles. The van der Waals surface area contributed by atoms with Crippen LogP contribution in [0.1, 0.15) is 51.2 Å². The highest BCUT2D eigenvalue weighted by Gasteiger charge is 2.23. The monoisotopic (exact) mass is 267 g/mol. The molecule has 1 aromatic rings. The van der Waals surface area contributed by atoms with Gasteiger partial charge in [-0.25, -0.2) is 0 Å². The Hall–Kier alpha value is -0.730. The van der Waals surface area contributed by atoms with Crippen molar-refractivity contribution in [2.24, 2.45) is 0 Å². The van der Waals surface area contributed by atoms with Gasteiger partial charge in [0.15, 0.2) is 0 Å². The molecule has 2 nitrogen and oxygen atoms in total. The van der Waals surface area contributed by atoms with Crippen LogP contribution in [0.4, 0.5) is 5.69 Å². The summed E-state index contributed by atoms with van der Waals surface area (Å²) >= 11 is 6.37. The smallest absolute Gasteiger partial charge is 0.0762 e. The normalized spacial score (nSPS) is 18.0. The lowest BCUT2D eigenvalue weighted by Gasteiger charge is -2.31. The van der Waals surface area contributed by atoms with Crippen molar-refractivity contribution in [3.05, 3.63) is 28.8 Å². The highest BCUT2D eigenvalue weighted by atomic mass is 35.5. The van der Waals surface area contributed by atoms with Gasteiger partial charge in [0.05, 0.1) is 16.8 Å². The number of hydrogen-bond donors (Lipinski definition) is 1. The summed E-state index contributed by atoms with van der Waals surface area (Å²) in [4.78, 5) is 2.40. The van der Waals surface area contributed by atoms with Crippen molar-refractivity contribution in [1.82, 2.24) is 0 Å². The van der Waals surface area contributed by atoms with Gasteiger partial charge in [-0.1, -0.05) is 30.5 Å². The minimum Gasteiger partial charge on any atom is -0.389 e. The van der Waals surface area contributed by atoms with Gasteiger partial charge in [-0.2, -0.15) is 0 Å². The molecule has 1 atom stereocenters. The van der Waals surface area contributed by atoms with Crippen molar-refractivity contribution in [2.45, 2.75) is 51.7 Å². The average Bonchev–Trinajstić information content (AvgIpc) is 2.85. The molecule has 0 unspecified atom stereocenters. The third kappa shape index (κ3) is 2.81. The number of benzene rings is 1. The molecule has 0 spiro atoms. The van der Waals surface area contributed by atoms with E-state index in [0.717, 1.165) is 22.8 Å². The van der Waals surface area contributed by atoms with Gasteiger partial charge < -0.3 is 10.0 Å². The Morgan fingerprint density at radius 2 is 2.06 bits per heavy atom. The first-order valence-electron chi connectivity index (χ1n) is 6.87. The first kappa shape index (κ1) is 13.7. The Morgan fingerprint density at radius 3 is 2.56 bits per heavy atom. The summed E-state index contributed by atoms with van der Waals surface area (Å²) in [6, 6.07) is 6.54. The van der Waals surface area contributed by atoms with Gasteiger partial charge in [0.2, 0.25) is 0 Å². The van der Waals surface area contributed by atoms with Gasteiger partial charge in [-0.15, -0.1) is 0 Å². The molecule has 18 heavy (non-hydrogen) atoms. The summed E-state index contributed by atoms with van der Waals surface area (Å²) in [5, 5.41) is 10.3. The molecule has 2 rings (SSSR count). The second kappa shape index (κ2) is 5.94. The maximum Gasteiger partial charge on any atom is 0.0762 e. The second-order valence-electron chi connectivity index (χ2n) is 5.11. The standard InChI is InChI=1S/C15H22ClNO/c1-3-17(13-6-4-5-7-13)15-9-8-12(11(2)18)10-14(15)16/h8-11,13,18H,3-7H2,1-2H3/t11-/m0/s1. The van der Waals surface area contributed by atoms with Crippen LogP contribution in [0.2, 0.25) is 5.02 Å². The van der Waals surface area contributed by atoms with E-state index in [2.05, 4.69) is 11.8 Å². The van der Waals surface area contributed by atoms with Crippen molar-refractivity contribution in [2.75, 3.05) is 11.4 Å². The van der Waals surface area contributed by atoms with E-state index in [4.69, 9.17) is 11.6 Å². The molecule has 1 N–H and O–H groups in total. The van der Waals surface area contributed by atoms with Crippen molar-refractivity contribution >= 4 is 17.3 Å². The SMILES string of the molecule is CCN(c1ccc([C@H](C)O)cc1Cl)C1CCCC1. The number of halogens is 1. The maximum absolute atomic E-state index is 9.57. The summed E-state index contributed by atoms with van der Waals surface area (Å²) in [7, 11) is 0. The Bertz CT molecular complexity index is 399. The number of aliphatic hydroxyl groups excluding tert-OH is 1. The predicted molar refractivity (Wildman–Crippen MR) is 77.4 cm³/mol. The number of nitrogens with zero attached hydrogens (tertiary/aromatic N) is 1. The van der Waals surface area contributed by atoms with Gasteiger partial charge in [0.25, 0.3) is 0 Å². The minimum absolute atomic E-state index is 0.460. The Kier molecular flexibility index (Phi) is 4.52. The van der Waals surface area contributed by atoms with E-state index in [1.54, 1.807) is 6.92 Å². The fraction of sp³-hybridized carbons (Fsp3) is 0.600. The highest BCUT2D eigenvalue weighted by Crippen LogP contribution is 2.34. The van der Waals surface area contributed by atoms with E-state index in [9.17, 15) is 5.11 Å². The van der Waals surface area contributed by atoms with Crippen LogP contribution in [0.5, 0.6) is 0 Å². The molecule has 0 saturated heterocycles. The molecular weight excluding hydrogens is 246 g/mol. The van der Waals surface area contributed by atoms with E-state index >= 15 is 0 Å². The van der Waals surface area contributed by atoms with Crippen LogP contribution in [0.25, 0.3) is 0 Å². The molecule has 1 fully saturated rings. The molecule has 0 aromatic heterocycles. The van der Waals surface area contributed by atoms with E-state index in [1.165, 1.54) is 25.7 Å². The van der Waals surface area contributed by atoms with E-state index in [-0.39, 0.29) is 0 Å². The largest absolute Gasteiger partial charge is 0.389 e. The molecule has 0 heterocycles. The summed E-state index contributed by atoms with van der Waals surface area (Å²) < 4.78 is 0. The lowest BCUT2D eigenvalue weighted by atomic mass is 10.1.